The summed E-state index contributed by atoms with van der Waals surface area (Å²) in [6.45, 7) is 5.17. The van der Waals surface area contributed by atoms with Gasteiger partial charge in [0.25, 0.3) is 0 Å². The Morgan fingerprint density at radius 3 is 2.21 bits per heavy atom. The smallest absolute Gasteiger partial charge is 0.309 e. The zero-order chi connectivity index (χ0) is 14.1. The minimum atomic E-state index is -4.26. The van der Waals surface area contributed by atoms with Crippen LogP contribution >= 0.6 is 0 Å². The van der Waals surface area contributed by atoms with Crippen LogP contribution in [-0.4, -0.2) is 6.54 Å². The van der Waals surface area contributed by atoms with Crippen molar-refractivity contribution in [3.8, 4) is 0 Å². The van der Waals surface area contributed by atoms with Gasteiger partial charge < -0.3 is 5.32 Å². The molecule has 2 rings (SSSR count). The first kappa shape index (κ1) is 14.4. The number of rotatable bonds is 5. The van der Waals surface area contributed by atoms with E-state index in [1.165, 1.54) is 12.1 Å². The second-order valence-electron chi connectivity index (χ2n) is 5.66. The summed E-state index contributed by atoms with van der Waals surface area (Å²) in [4.78, 5) is 0. The Kier molecular flexibility index (Phi) is 3.90. The van der Waals surface area contributed by atoms with E-state index in [0.29, 0.717) is 0 Å². The first-order chi connectivity index (χ1) is 8.87. The van der Waals surface area contributed by atoms with Gasteiger partial charge in [-0.2, -0.15) is 13.2 Å². The van der Waals surface area contributed by atoms with Gasteiger partial charge in [-0.1, -0.05) is 26.0 Å². The highest BCUT2D eigenvalue weighted by Crippen LogP contribution is 2.54. The lowest BCUT2D eigenvalue weighted by molar-refractivity contribution is -0.137. The van der Waals surface area contributed by atoms with Crippen molar-refractivity contribution in [2.24, 2.45) is 5.41 Å². The molecule has 0 saturated heterocycles. The molecule has 0 spiro atoms. The van der Waals surface area contributed by atoms with E-state index >= 15 is 0 Å². The molecule has 0 aliphatic heterocycles. The van der Waals surface area contributed by atoms with Crippen LogP contribution in [0.5, 0.6) is 0 Å². The fourth-order valence-electron chi connectivity index (χ4n) is 2.41. The third-order valence-electron chi connectivity index (χ3n) is 3.91. The van der Waals surface area contributed by atoms with Crippen molar-refractivity contribution >= 4 is 0 Å². The highest BCUT2D eigenvalue weighted by molar-refractivity contribution is 5.29. The van der Waals surface area contributed by atoms with E-state index in [1.54, 1.807) is 12.1 Å². The number of hydrogen-bond acceptors (Lipinski definition) is 1. The molecule has 1 atom stereocenters. The number of alkyl halides is 3. The van der Waals surface area contributed by atoms with Crippen LogP contribution in [0.3, 0.4) is 0 Å². The lowest BCUT2D eigenvalue weighted by Crippen LogP contribution is -2.28. The number of hydrogen-bond donors (Lipinski definition) is 1. The molecule has 1 fully saturated rings. The van der Waals surface area contributed by atoms with Crippen LogP contribution in [0.1, 0.15) is 50.3 Å². The summed E-state index contributed by atoms with van der Waals surface area (Å²) in [6, 6.07) is 5.75. The highest BCUT2D eigenvalue weighted by Gasteiger charge is 2.45. The monoisotopic (exact) mass is 271 g/mol. The van der Waals surface area contributed by atoms with Crippen molar-refractivity contribution in [1.29, 1.82) is 0 Å². The van der Waals surface area contributed by atoms with Gasteiger partial charge in [0.05, 0.1) is 5.56 Å². The molecule has 106 valence electrons. The zero-order valence-corrected chi connectivity index (χ0v) is 11.3. The van der Waals surface area contributed by atoms with E-state index in [-0.39, 0.29) is 11.5 Å². The maximum Gasteiger partial charge on any atom is 0.416 e. The van der Waals surface area contributed by atoms with Crippen LogP contribution < -0.4 is 5.32 Å². The lowest BCUT2D eigenvalue weighted by Gasteiger charge is -2.25. The van der Waals surface area contributed by atoms with Crippen molar-refractivity contribution in [3.05, 3.63) is 35.4 Å². The Balaban J connectivity index is 2.18. The Hall–Kier alpha value is -1.03. The molecule has 1 saturated carbocycles. The molecule has 1 aliphatic carbocycles. The van der Waals surface area contributed by atoms with Gasteiger partial charge in [-0.3, -0.25) is 0 Å². The van der Waals surface area contributed by atoms with E-state index in [2.05, 4.69) is 19.2 Å². The minimum absolute atomic E-state index is 0.162. The fourth-order valence-corrected chi connectivity index (χ4v) is 2.41. The Morgan fingerprint density at radius 2 is 1.79 bits per heavy atom. The summed E-state index contributed by atoms with van der Waals surface area (Å²) in [7, 11) is 0. The van der Waals surface area contributed by atoms with Gasteiger partial charge in [0.15, 0.2) is 0 Å². The topological polar surface area (TPSA) is 12.0 Å². The number of halogens is 3. The fraction of sp³-hybridized carbons (Fsp3) is 0.600. The Labute approximate surface area is 112 Å². The van der Waals surface area contributed by atoms with Gasteiger partial charge in [-0.25, -0.2) is 0 Å². The lowest BCUT2D eigenvalue weighted by atomic mass is 9.91. The minimum Gasteiger partial charge on any atom is -0.309 e. The van der Waals surface area contributed by atoms with Crippen LogP contribution in [0.4, 0.5) is 13.2 Å². The van der Waals surface area contributed by atoms with Crippen LogP contribution in [0, 0.1) is 5.41 Å². The van der Waals surface area contributed by atoms with Crippen LogP contribution in [0.2, 0.25) is 0 Å². The third-order valence-corrected chi connectivity index (χ3v) is 3.91. The molecular formula is C15H20F3N. The van der Waals surface area contributed by atoms with E-state index in [1.807, 2.05) is 0 Å². The van der Waals surface area contributed by atoms with Crippen molar-refractivity contribution < 1.29 is 13.2 Å². The molecule has 0 radical (unpaired) electrons. The highest BCUT2D eigenvalue weighted by atomic mass is 19.4. The zero-order valence-electron chi connectivity index (χ0n) is 11.3. The average molecular weight is 271 g/mol. The molecule has 0 aromatic heterocycles. The van der Waals surface area contributed by atoms with Crippen molar-refractivity contribution in [3.63, 3.8) is 0 Å². The van der Waals surface area contributed by atoms with Crippen molar-refractivity contribution in [2.45, 2.75) is 45.3 Å². The quantitative estimate of drug-likeness (QED) is 0.828. The Bertz CT molecular complexity index is 418. The SMILES string of the molecule is CCCNC(c1ccc(C(F)(F)F)cc1)C1(C)CC1. The van der Waals surface area contributed by atoms with E-state index < -0.39 is 11.7 Å². The van der Waals surface area contributed by atoms with Gasteiger partial charge in [-0.15, -0.1) is 0 Å². The summed E-state index contributed by atoms with van der Waals surface area (Å²) >= 11 is 0. The van der Waals surface area contributed by atoms with Gasteiger partial charge in [0, 0.05) is 6.04 Å². The molecule has 1 N–H and O–H groups in total. The summed E-state index contributed by atoms with van der Waals surface area (Å²) in [5, 5.41) is 3.47. The van der Waals surface area contributed by atoms with E-state index in [0.717, 1.165) is 31.4 Å². The molecule has 1 aliphatic rings. The molecule has 1 aromatic rings. The van der Waals surface area contributed by atoms with Gasteiger partial charge in [-0.05, 0) is 48.9 Å². The second kappa shape index (κ2) is 5.16. The predicted molar refractivity (Wildman–Crippen MR) is 69.8 cm³/mol. The van der Waals surface area contributed by atoms with Crippen LogP contribution in [0.25, 0.3) is 0 Å². The third kappa shape index (κ3) is 3.30. The number of benzene rings is 1. The van der Waals surface area contributed by atoms with Crippen LogP contribution in [0.15, 0.2) is 24.3 Å². The van der Waals surface area contributed by atoms with Gasteiger partial charge in [0.1, 0.15) is 0 Å². The first-order valence-corrected chi connectivity index (χ1v) is 6.77. The predicted octanol–water partition coefficient (Wildman–Crippen LogP) is 4.55. The van der Waals surface area contributed by atoms with E-state index in [4.69, 9.17) is 0 Å². The summed E-state index contributed by atoms with van der Waals surface area (Å²) in [6.07, 6.45) is -0.966. The molecule has 0 amide bonds. The normalized spacial score (nSPS) is 19.2. The standard InChI is InChI=1S/C15H20F3N/c1-3-10-19-13(14(2)8-9-14)11-4-6-12(7-5-11)15(16,17)18/h4-7,13,19H,3,8-10H2,1-2H3. The molecule has 1 nitrogen and oxygen atoms in total. The largest absolute Gasteiger partial charge is 0.416 e. The summed E-state index contributed by atoms with van der Waals surface area (Å²) in [5.74, 6) is 0. The summed E-state index contributed by atoms with van der Waals surface area (Å²) in [5.41, 5.74) is 0.586. The first-order valence-electron chi connectivity index (χ1n) is 6.77. The Morgan fingerprint density at radius 1 is 1.21 bits per heavy atom. The van der Waals surface area contributed by atoms with Crippen molar-refractivity contribution in [2.75, 3.05) is 6.54 Å². The maximum atomic E-state index is 12.6. The maximum absolute atomic E-state index is 12.6. The van der Waals surface area contributed by atoms with Gasteiger partial charge >= 0.3 is 6.18 Å². The van der Waals surface area contributed by atoms with Crippen LogP contribution in [-0.2, 0) is 6.18 Å². The second-order valence-corrected chi connectivity index (χ2v) is 5.66. The van der Waals surface area contributed by atoms with Gasteiger partial charge in [0.2, 0.25) is 0 Å². The molecule has 0 bridgehead atoms. The number of nitrogens with one attached hydrogen (secondary N) is 1. The average Bonchev–Trinajstić information content (AvgIpc) is 3.08. The summed E-state index contributed by atoms with van der Waals surface area (Å²) < 4.78 is 37.7. The van der Waals surface area contributed by atoms with E-state index in [9.17, 15) is 13.2 Å². The molecule has 0 heterocycles. The molecule has 1 aromatic carbocycles. The molecule has 1 unspecified atom stereocenters. The molecule has 19 heavy (non-hydrogen) atoms. The van der Waals surface area contributed by atoms with Crippen molar-refractivity contribution in [1.82, 2.24) is 5.32 Å². The molecule has 4 heteroatoms. The molecular weight excluding hydrogens is 251 g/mol.